The number of nitrogens with one attached hydrogen (secondary N) is 1. The van der Waals surface area contributed by atoms with Crippen LogP contribution in [-0.2, 0) is 4.74 Å². The van der Waals surface area contributed by atoms with Gasteiger partial charge in [-0.2, -0.15) is 0 Å². The molecule has 0 spiro atoms. The average Bonchev–Trinajstić information content (AvgIpc) is 2.52. The lowest BCUT2D eigenvalue weighted by molar-refractivity contribution is -0.0521. The van der Waals surface area contributed by atoms with Crippen molar-refractivity contribution in [2.45, 2.75) is 57.7 Å². The summed E-state index contributed by atoms with van der Waals surface area (Å²) in [5.41, 5.74) is 0. The van der Waals surface area contributed by atoms with Crippen molar-refractivity contribution < 1.29 is 4.74 Å². The van der Waals surface area contributed by atoms with Gasteiger partial charge in [-0.1, -0.05) is 12.8 Å². The highest BCUT2D eigenvalue weighted by Gasteiger charge is 2.25. The minimum atomic E-state index is 0.405. The molecule has 2 aliphatic heterocycles. The predicted molar refractivity (Wildman–Crippen MR) is 66.7 cm³/mol. The average molecular weight is 226 g/mol. The number of hydrogen-bond acceptors (Lipinski definition) is 3. The number of ether oxygens (including phenoxy) is 1. The number of rotatable bonds is 2. The Hall–Kier alpha value is -0.120. The summed E-state index contributed by atoms with van der Waals surface area (Å²) in [4.78, 5) is 2.59. The molecule has 0 saturated carbocycles. The lowest BCUT2D eigenvalue weighted by Gasteiger charge is -2.38. The van der Waals surface area contributed by atoms with Gasteiger partial charge in [0.25, 0.3) is 0 Å². The summed E-state index contributed by atoms with van der Waals surface area (Å²) in [6.45, 7) is 8.86. The third kappa shape index (κ3) is 3.44. The van der Waals surface area contributed by atoms with Crippen molar-refractivity contribution in [1.29, 1.82) is 0 Å². The Morgan fingerprint density at radius 3 is 3.00 bits per heavy atom. The topological polar surface area (TPSA) is 24.5 Å². The van der Waals surface area contributed by atoms with Crippen LogP contribution in [0.15, 0.2) is 0 Å². The van der Waals surface area contributed by atoms with Gasteiger partial charge in [-0.15, -0.1) is 0 Å². The van der Waals surface area contributed by atoms with Gasteiger partial charge in [-0.05, 0) is 33.2 Å². The van der Waals surface area contributed by atoms with Gasteiger partial charge in [-0.3, -0.25) is 4.90 Å². The van der Waals surface area contributed by atoms with Crippen LogP contribution in [0.3, 0.4) is 0 Å². The number of hydrogen-bond donors (Lipinski definition) is 1. The van der Waals surface area contributed by atoms with Gasteiger partial charge < -0.3 is 10.1 Å². The summed E-state index contributed by atoms with van der Waals surface area (Å²) in [7, 11) is 0. The highest BCUT2D eigenvalue weighted by Crippen LogP contribution is 2.15. The van der Waals surface area contributed by atoms with Crippen LogP contribution in [-0.4, -0.2) is 49.3 Å². The Bertz CT molecular complexity index is 202. The first-order valence-electron chi connectivity index (χ1n) is 6.84. The molecule has 3 nitrogen and oxygen atoms in total. The summed E-state index contributed by atoms with van der Waals surface area (Å²) < 4.78 is 5.67. The summed E-state index contributed by atoms with van der Waals surface area (Å²) in [6, 6.07) is 1.29. The second-order valence-corrected chi connectivity index (χ2v) is 5.45. The quantitative estimate of drug-likeness (QED) is 0.774. The molecule has 3 unspecified atom stereocenters. The van der Waals surface area contributed by atoms with Gasteiger partial charge in [0.05, 0.1) is 12.7 Å². The van der Waals surface area contributed by atoms with Crippen LogP contribution in [0.2, 0.25) is 0 Å². The van der Waals surface area contributed by atoms with Gasteiger partial charge in [0.15, 0.2) is 0 Å². The largest absolute Gasteiger partial charge is 0.376 e. The van der Waals surface area contributed by atoms with E-state index < -0.39 is 0 Å². The Labute approximate surface area is 99.5 Å². The van der Waals surface area contributed by atoms with Gasteiger partial charge in [0.2, 0.25) is 0 Å². The van der Waals surface area contributed by atoms with Crippen LogP contribution >= 0.6 is 0 Å². The van der Waals surface area contributed by atoms with Crippen LogP contribution in [0.4, 0.5) is 0 Å². The molecule has 2 fully saturated rings. The molecule has 0 radical (unpaired) electrons. The van der Waals surface area contributed by atoms with E-state index in [9.17, 15) is 0 Å². The maximum Gasteiger partial charge on any atom is 0.0674 e. The van der Waals surface area contributed by atoms with E-state index in [-0.39, 0.29) is 0 Å². The fourth-order valence-corrected chi connectivity index (χ4v) is 2.77. The normalized spacial score (nSPS) is 38.2. The molecule has 16 heavy (non-hydrogen) atoms. The Kier molecular flexibility index (Phi) is 4.62. The standard InChI is InChI=1S/C13H26N2O/c1-11-10-16-12(2)8-15(11)9-13-6-4-3-5-7-14-13/h11-14H,3-10H2,1-2H3. The van der Waals surface area contributed by atoms with Crippen molar-refractivity contribution in [1.82, 2.24) is 10.2 Å². The first kappa shape index (κ1) is 12.3. The van der Waals surface area contributed by atoms with Crippen molar-refractivity contribution >= 4 is 0 Å². The third-order valence-corrected chi connectivity index (χ3v) is 3.85. The van der Waals surface area contributed by atoms with Crippen LogP contribution in [0.25, 0.3) is 0 Å². The Balaban J connectivity index is 1.81. The van der Waals surface area contributed by atoms with Crippen molar-refractivity contribution in [2.24, 2.45) is 0 Å². The zero-order valence-corrected chi connectivity index (χ0v) is 10.7. The fourth-order valence-electron chi connectivity index (χ4n) is 2.77. The molecule has 0 aromatic carbocycles. The van der Waals surface area contributed by atoms with Crippen LogP contribution < -0.4 is 5.32 Å². The maximum atomic E-state index is 5.67. The lowest BCUT2D eigenvalue weighted by atomic mass is 10.1. The second kappa shape index (κ2) is 5.99. The molecule has 2 aliphatic rings. The van der Waals surface area contributed by atoms with Crippen molar-refractivity contribution in [2.75, 3.05) is 26.2 Å². The first-order valence-corrected chi connectivity index (χ1v) is 6.84. The molecule has 2 saturated heterocycles. The molecule has 2 rings (SSSR count). The van der Waals surface area contributed by atoms with Gasteiger partial charge in [0.1, 0.15) is 0 Å². The van der Waals surface area contributed by atoms with E-state index >= 15 is 0 Å². The molecule has 0 aromatic heterocycles. The fraction of sp³-hybridized carbons (Fsp3) is 1.00. The molecule has 3 atom stereocenters. The van der Waals surface area contributed by atoms with E-state index in [1.807, 2.05) is 0 Å². The molecule has 0 aliphatic carbocycles. The van der Waals surface area contributed by atoms with E-state index in [0.29, 0.717) is 18.2 Å². The molecule has 1 N–H and O–H groups in total. The Morgan fingerprint density at radius 2 is 2.12 bits per heavy atom. The van der Waals surface area contributed by atoms with Crippen LogP contribution in [0.5, 0.6) is 0 Å². The minimum Gasteiger partial charge on any atom is -0.376 e. The predicted octanol–water partition coefficient (Wildman–Crippen LogP) is 1.63. The van der Waals surface area contributed by atoms with Gasteiger partial charge >= 0.3 is 0 Å². The van der Waals surface area contributed by atoms with Crippen LogP contribution in [0, 0.1) is 0 Å². The van der Waals surface area contributed by atoms with Crippen molar-refractivity contribution in [3.8, 4) is 0 Å². The lowest BCUT2D eigenvalue weighted by Crippen LogP contribution is -2.52. The molecular weight excluding hydrogens is 200 g/mol. The monoisotopic (exact) mass is 226 g/mol. The second-order valence-electron chi connectivity index (χ2n) is 5.45. The highest BCUT2D eigenvalue weighted by atomic mass is 16.5. The SMILES string of the molecule is CC1CN(CC2CCCCCN2)C(C)CO1. The summed E-state index contributed by atoms with van der Waals surface area (Å²) in [5, 5.41) is 3.68. The number of nitrogens with zero attached hydrogens (tertiary/aromatic N) is 1. The smallest absolute Gasteiger partial charge is 0.0674 e. The summed E-state index contributed by atoms with van der Waals surface area (Å²) in [6.07, 6.45) is 5.90. The summed E-state index contributed by atoms with van der Waals surface area (Å²) >= 11 is 0. The molecule has 2 heterocycles. The third-order valence-electron chi connectivity index (χ3n) is 3.85. The van der Waals surface area contributed by atoms with E-state index in [4.69, 9.17) is 4.74 Å². The zero-order chi connectivity index (χ0) is 11.4. The molecule has 0 amide bonds. The maximum absolute atomic E-state index is 5.67. The molecule has 0 bridgehead atoms. The Morgan fingerprint density at radius 1 is 1.25 bits per heavy atom. The van der Waals surface area contributed by atoms with Crippen molar-refractivity contribution in [3.05, 3.63) is 0 Å². The van der Waals surface area contributed by atoms with E-state index in [1.54, 1.807) is 0 Å². The van der Waals surface area contributed by atoms with Crippen molar-refractivity contribution in [3.63, 3.8) is 0 Å². The van der Waals surface area contributed by atoms with Gasteiger partial charge in [-0.25, -0.2) is 0 Å². The molecule has 0 aromatic rings. The molecule has 94 valence electrons. The first-order chi connectivity index (χ1) is 7.75. The van der Waals surface area contributed by atoms with E-state index in [2.05, 4.69) is 24.1 Å². The van der Waals surface area contributed by atoms with E-state index in [1.165, 1.54) is 38.8 Å². The van der Waals surface area contributed by atoms with Crippen LogP contribution in [0.1, 0.15) is 39.5 Å². The number of morpholine rings is 1. The summed E-state index contributed by atoms with van der Waals surface area (Å²) in [5.74, 6) is 0. The highest BCUT2D eigenvalue weighted by molar-refractivity contribution is 4.81. The molecule has 3 heteroatoms. The zero-order valence-electron chi connectivity index (χ0n) is 10.7. The minimum absolute atomic E-state index is 0.405. The van der Waals surface area contributed by atoms with E-state index in [0.717, 1.165) is 13.2 Å². The molecular formula is C13H26N2O. The van der Waals surface area contributed by atoms with Gasteiger partial charge in [0, 0.05) is 25.2 Å².